The van der Waals surface area contributed by atoms with Crippen molar-refractivity contribution in [1.29, 1.82) is 5.26 Å². The van der Waals surface area contributed by atoms with E-state index in [-0.39, 0.29) is 29.3 Å². The molecule has 1 aliphatic rings. The molecule has 0 aliphatic carbocycles. The zero-order chi connectivity index (χ0) is 25.0. The summed E-state index contributed by atoms with van der Waals surface area (Å²) < 4.78 is 14.5. The molecule has 0 radical (unpaired) electrons. The number of halogens is 1. The van der Waals surface area contributed by atoms with Crippen LogP contribution in [0.5, 0.6) is 0 Å². The second-order valence-electron chi connectivity index (χ2n) is 8.42. The molecule has 178 valence electrons. The summed E-state index contributed by atoms with van der Waals surface area (Å²) in [5, 5.41) is 15.0. The third-order valence-corrected chi connectivity index (χ3v) is 5.52. The van der Waals surface area contributed by atoms with Gasteiger partial charge >= 0.3 is 0 Å². The Hall–Kier alpha value is -4.07. The number of ketones is 1. The lowest BCUT2D eigenvalue weighted by molar-refractivity contribution is 0.0364. The first-order chi connectivity index (χ1) is 16.0. The van der Waals surface area contributed by atoms with Crippen molar-refractivity contribution in [3.63, 3.8) is 0 Å². The van der Waals surface area contributed by atoms with E-state index in [1.54, 1.807) is 19.0 Å². The van der Waals surface area contributed by atoms with Crippen molar-refractivity contribution in [2.45, 2.75) is 26.2 Å². The summed E-state index contributed by atoms with van der Waals surface area (Å²) in [6.07, 6.45) is 1.31. The van der Waals surface area contributed by atoms with Gasteiger partial charge in [-0.1, -0.05) is 17.7 Å². The van der Waals surface area contributed by atoms with Crippen molar-refractivity contribution in [3.8, 4) is 6.07 Å². The number of nitrogens with zero attached hydrogens (tertiary/aromatic N) is 3. The van der Waals surface area contributed by atoms with Gasteiger partial charge in [-0.15, -0.1) is 0 Å². The van der Waals surface area contributed by atoms with Crippen LogP contribution in [0.25, 0.3) is 0 Å². The zero-order valence-electron chi connectivity index (χ0n) is 19.5. The molecule has 34 heavy (non-hydrogen) atoms. The maximum absolute atomic E-state index is 14.5. The monoisotopic (exact) mass is 465 g/mol. The first kappa shape index (κ1) is 24.6. The van der Waals surface area contributed by atoms with Crippen LogP contribution in [-0.2, 0) is 10.3 Å². The molecule has 3 rings (SSSR count). The molecule has 0 atom stereocenters. The van der Waals surface area contributed by atoms with Crippen molar-refractivity contribution in [2.75, 3.05) is 23.9 Å². The van der Waals surface area contributed by atoms with Gasteiger partial charge < -0.3 is 15.9 Å². The van der Waals surface area contributed by atoms with Gasteiger partial charge in [-0.25, -0.2) is 10.2 Å². The predicted octanol–water partition coefficient (Wildman–Crippen LogP) is 3.01. The third-order valence-electron chi connectivity index (χ3n) is 5.52. The number of nitrogens with two attached hydrogens (primary N) is 2. The second-order valence-corrected chi connectivity index (χ2v) is 8.42. The Balaban J connectivity index is 1.75. The number of hydrogen-bond acceptors (Lipinski definition) is 9. The number of nitriles is 1. The van der Waals surface area contributed by atoms with Crippen molar-refractivity contribution in [3.05, 3.63) is 82.8 Å². The Morgan fingerprint density at radius 1 is 1.35 bits per heavy atom. The molecule has 0 spiro atoms. The van der Waals surface area contributed by atoms with Gasteiger partial charge in [0.25, 0.3) is 0 Å². The molecule has 0 saturated carbocycles. The summed E-state index contributed by atoms with van der Waals surface area (Å²) in [6.45, 7) is 5.41. The van der Waals surface area contributed by atoms with Gasteiger partial charge in [0.05, 0.1) is 35.1 Å². The minimum atomic E-state index is -0.656. The predicted molar refractivity (Wildman–Crippen MR) is 128 cm³/mol. The minimum Gasteiger partial charge on any atom is -0.394 e. The quantitative estimate of drug-likeness (QED) is 0.264. The average Bonchev–Trinajstić information content (AvgIpc) is 3.16. The molecule has 0 fully saturated rings. The van der Waals surface area contributed by atoms with Gasteiger partial charge in [0.1, 0.15) is 5.82 Å². The SMILES string of the molecule is CC1=C(/C(N)=C/N(N)c2cc(C(=O)CNc3cccc(C(C)(C)C#N)c3)ccc2F)ONN1C. The standard InChI is InChI=1S/C24H28FN7O2/c1-15-23(34-30-31(15)4)20(27)13-32(28)21-10-16(8-9-19(21)25)22(33)12-29-18-7-5-6-17(11-18)24(2,3)14-26/h5-11,13,29-30H,12,27-28H2,1-4H3/b20-13-. The maximum Gasteiger partial charge on any atom is 0.194 e. The first-order valence-electron chi connectivity index (χ1n) is 10.5. The lowest BCUT2D eigenvalue weighted by atomic mass is 9.86. The van der Waals surface area contributed by atoms with Gasteiger partial charge in [-0.3, -0.25) is 14.8 Å². The van der Waals surface area contributed by atoms with Crippen molar-refractivity contribution in [2.24, 2.45) is 11.6 Å². The van der Waals surface area contributed by atoms with Crippen molar-refractivity contribution in [1.82, 2.24) is 10.6 Å². The molecule has 0 bridgehead atoms. The van der Waals surface area contributed by atoms with Gasteiger partial charge in [0.15, 0.2) is 11.5 Å². The number of rotatable bonds is 8. The minimum absolute atomic E-state index is 0.0240. The Labute approximate surface area is 198 Å². The van der Waals surface area contributed by atoms with Crippen LogP contribution in [0.4, 0.5) is 15.8 Å². The Morgan fingerprint density at radius 3 is 2.74 bits per heavy atom. The number of carbonyl (C=O) groups excluding carboxylic acids is 1. The van der Waals surface area contributed by atoms with Crippen molar-refractivity contribution < 1.29 is 14.0 Å². The van der Waals surface area contributed by atoms with Gasteiger partial charge in [0, 0.05) is 24.5 Å². The molecule has 1 aliphatic heterocycles. The first-order valence-corrected chi connectivity index (χ1v) is 10.5. The molecule has 10 heteroatoms. The molecule has 2 aromatic carbocycles. The Morgan fingerprint density at radius 2 is 2.09 bits per heavy atom. The van der Waals surface area contributed by atoms with E-state index in [4.69, 9.17) is 16.4 Å². The van der Waals surface area contributed by atoms with E-state index in [2.05, 4.69) is 17.0 Å². The lowest BCUT2D eigenvalue weighted by Gasteiger charge is -2.18. The number of hydrogen-bond donors (Lipinski definition) is 4. The number of allylic oxidation sites excluding steroid dienone is 1. The molecular formula is C24H28FN7O2. The highest BCUT2D eigenvalue weighted by molar-refractivity contribution is 5.99. The highest BCUT2D eigenvalue weighted by Gasteiger charge is 2.21. The smallest absolute Gasteiger partial charge is 0.194 e. The normalized spacial score (nSPS) is 14.0. The summed E-state index contributed by atoms with van der Waals surface area (Å²) in [7, 11) is 1.75. The molecule has 1 heterocycles. The fourth-order valence-corrected chi connectivity index (χ4v) is 3.21. The van der Waals surface area contributed by atoms with E-state index in [1.165, 1.54) is 24.4 Å². The van der Waals surface area contributed by atoms with Crippen LogP contribution in [0.3, 0.4) is 0 Å². The number of carbonyl (C=O) groups is 1. The number of nitrogens with one attached hydrogen (secondary N) is 2. The molecule has 6 N–H and O–H groups in total. The van der Waals surface area contributed by atoms with Crippen LogP contribution in [0.1, 0.15) is 36.7 Å². The molecule has 0 amide bonds. The molecular weight excluding hydrogens is 437 g/mol. The van der Waals surface area contributed by atoms with Crippen LogP contribution >= 0.6 is 0 Å². The van der Waals surface area contributed by atoms with E-state index in [0.29, 0.717) is 11.4 Å². The molecule has 0 aromatic heterocycles. The van der Waals surface area contributed by atoms with Gasteiger partial charge in [0.2, 0.25) is 0 Å². The highest BCUT2D eigenvalue weighted by Crippen LogP contribution is 2.25. The third kappa shape index (κ3) is 5.28. The lowest BCUT2D eigenvalue weighted by Crippen LogP contribution is -2.28. The van der Waals surface area contributed by atoms with Crippen LogP contribution in [0.15, 0.2) is 65.8 Å². The Kier molecular flexibility index (Phi) is 7.10. The summed E-state index contributed by atoms with van der Waals surface area (Å²) >= 11 is 0. The highest BCUT2D eigenvalue weighted by atomic mass is 19.1. The topological polar surface area (TPSA) is 133 Å². The van der Waals surface area contributed by atoms with E-state index in [1.807, 2.05) is 38.1 Å². The summed E-state index contributed by atoms with van der Waals surface area (Å²) in [4.78, 5) is 18.1. The fraction of sp³-hybridized carbons (Fsp3) is 0.250. The fourth-order valence-electron chi connectivity index (χ4n) is 3.21. The number of Topliss-reactive ketones (excluding diaryl/α,β-unsaturated/α-hetero) is 1. The van der Waals surface area contributed by atoms with E-state index < -0.39 is 11.2 Å². The molecule has 0 saturated heterocycles. The zero-order valence-corrected chi connectivity index (χ0v) is 19.5. The van der Waals surface area contributed by atoms with Crippen molar-refractivity contribution >= 4 is 17.2 Å². The van der Waals surface area contributed by atoms with Crippen LogP contribution in [0.2, 0.25) is 0 Å². The van der Waals surface area contributed by atoms with E-state index >= 15 is 0 Å². The summed E-state index contributed by atoms with van der Waals surface area (Å²) in [5.41, 5.74) is 10.7. The Bertz CT molecular complexity index is 1200. The second kappa shape index (κ2) is 9.82. The van der Waals surface area contributed by atoms with Gasteiger partial charge in [-0.2, -0.15) is 5.26 Å². The maximum atomic E-state index is 14.5. The molecule has 0 unspecified atom stereocenters. The number of benzene rings is 2. The van der Waals surface area contributed by atoms with Crippen LogP contribution in [0, 0.1) is 17.1 Å². The average molecular weight is 466 g/mol. The number of hydrazine groups is 2. The van der Waals surface area contributed by atoms with Gasteiger partial charge in [-0.05, 0) is 56.7 Å². The summed E-state index contributed by atoms with van der Waals surface area (Å²) in [5.74, 6) is 5.50. The summed E-state index contributed by atoms with van der Waals surface area (Å²) in [6, 6.07) is 13.5. The molecule has 9 nitrogen and oxygen atoms in total. The van der Waals surface area contributed by atoms with E-state index in [0.717, 1.165) is 16.3 Å². The van der Waals surface area contributed by atoms with E-state index in [9.17, 15) is 14.4 Å². The van der Waals surface area contributed by atoms with Crippen LogP contribution in [-0.4, -0.2) is 24.4 Å². The number of anilines is 2. The molecule has 2 aromatic rings. The largest absolute Gasteiger partial charge is 0.394 e. The van der Waals surface area contributed by atoms with Crippen LogP contribution < -0.4 is 27.5 Å².